The first-order valence-corrected chi connectivity index (χ1v) is 5.94. The zero-order valence-electron chi connectivity index (χ0n) is 7.86. The molecule has 2 rings (SSSR count). The summed E-state index contributed by atoms with van der Waals surface area (Å²) in [4.78, 5) is 23.0. The molecule has 7 heteroatoms. The van der Waals surface area contributed by atoms with E-state index in [-0.39, 0.29) is 11.5 Å². The molecule has 0 aliphatic rings. The number of H-pyrrole nitrogens is 1. The van der Waals surface area contributed by atoms with Crippen LogP contribution in [0.1, 0.15) is 9.67 Å². The minimum Gasteiger partial charge on any atom is -0.304 e. The number of halogens is 1. The van der Waals surface area contributed by atoms with E-state index in [1.807, 2.05) is 0 Å². The third kappa shape index (κ3) is 2.37. The standard InChI is InChI=1S/C9H6BrN3O2S/c10-5-3-4-16-8(5)9(15)11-6-1-2-7(14)13-12-6/h1-4H,(H,13,14)(H,11,12,15). The second-order valence-corrected chi connectivity index (χ2v) is 4.63. The Hall–Kier alpha value is -1.47. The number of hydrogen-bond donors (Lipinski definition) is 2. The highest BCUT2D eigenvalue weighted by molar-refractivity contribution is 9.10. The van der Waals surface area contributed by atoms with Gasteiger partial charge in [-0.05, 0) is 33.4 Å². The molecule has 5 nitrogen and oxygen atoms in total. The van der Waals surface area contributed by atoms with E-state index in [0.29, 0.717) is 10.7 Å². The van der Waals surface area contributed by atoms with E-state index in [2.05, 4.69) is 31.4 Å². The lowest BCUT2D eigenvalue weighted by Gasteiger charge is -2.01. The van der Waals surface area contributed by atoms with Gasteiger partial charge >= 0.3 is 0 Å². The van der Waals surface area contributed by atoms with Gasteiger partial charge < -0.3 is 5.32 Å². The number of aromatic nitrogens is 2. The summed E-state index contributed by atoms with van der Waals surface area (Å²) >= 11 is 4.58. The molecule has 1 amide bonds. The van der Waals surface area contributed by atoms with Gasteiger partial charge in [-0.2, -0.15) is 5.10 Å². The van der Waals surface area contributed by atoms with E-state index in [1.165, 1.54) is 23.5 Å². The van der Waals surface area contributed by atoms with Gasteiger partial charge in [-0.3, -0.25) is 9.59 Å². The van der Waals surface area contributed by atoms with Crippen LogP contribution in [0.2, 0.25) is 0 Å². The third-order valence-electron chi connectivity index (χ3n) is 1.74. The number of nitrogens with zero attached hydrogens (tertiary/aromatic N) is 1. The van der Waals surface area contributed by atoms with Crippen molar-refractivity contribution >= 4 is 39.0 Å². The third-order valence-corrected chi connectivity index (χ3v) is 3.58. The molecule has 0 fully saturated rings. The van der Waals surface area contributed by atoms with Crippen LogP contribution >= 0.6 is 27.3 Å². The molecule has 2 heterocycles. The Balaban J connectivity index is 2.17. The van der Waals surface area contributed by atoms with Crippen LogP contribution in [0.15, 0.2) is 32.8 Å². The zero-order valence-corrected chi connectivity index (χ0v) is 10.3. The second kappa shape index (κ2) is 4.58. The van der Waals surface area contributed by atoms with Crippen molar-refractivity contribution in [3.05, 3.63) is 43.3 Å². The summed E-state index contributed by atoms with van der Waals surface area (Å²) in [6.45, 7) is 0. The number of carbonyl (C=O) groups excluding carboxylic acids is 1. The first kappa shape index (κ1) is 11.0. The average Bonchev–Trinajstić information content (AvgIpc) is 2.68. The lowest BCUT2D eigenvalue weighted by molar-refractivity contribution is 0.102. The maximum absolute atomic E-state index is 11.7. The average molecular weight is 300 g/mol. The summed E-state index contributed by atoms with van der Waals surface area (Å²) < 4.78 is 0.736. The van der Waals surface area contributed by atoms with Crippen molar-refractivity contribution in [2.24, 2.45) is 0 Å². The van der Waals surface area contributed by atoms with Crippen molar-refractivity contribution in [1.82, 2.24) is 10.2 Å². The molecule has 2 N–H and O–H groups in total. The van der Waals surface area contributed by atoms with Crippen LogP contribution in [0.25, 0.3) is 0 Å². The largest absolute Gasteiger partial charge is 0.304 e. The number of anilines is 1. The summed E-state index contributed by atoms with van der Waals surface area (Å²) in [5.74, 6) is 0.0475. The fraction of sp³-hybridized carbons (Fsp3) is 0. The molecule has 0 radical (unpaired) electrons. The van der Waals surface area contributed by atoms with Crippen molar-refractivity contribution in [2.45, 2.75) is 0 Å². The van der Waals surface area contributed by atoms with Crippen molar-refractivity contribution in [3.63, 3.8) is 0 Å². The Morgan fingerprint density at radius 1 is 1.44 bits per heavy atom. The van der Waals surface area contributed by atoms with Crippen molar-refractivity contribution in [1.29, 1.82) is 0 Å². The number of amides is 1. The molecule has 0 saturated carbocycles. The molecule has 0 aliphatic heterocycles. The SMILES string of the molecule is O=C(Nc1ccc(=O)[nH]n1)c1sccc1Br. The van der Waals surface area contributed by atoms with Gasteiger partial charge in [0.2, 0.25) is 0 Å². The topological polar surface area (TPSA) is 74.8 Å². The number of nitrogens with one attached hydrogen (secondary N) is 2. The van der Waals surface area contributed by atoms with Gasteiger partial charge in [-0.25, -0.2) is 5.10 Å². The van der Waals surface area contributed by atoms with Gasteiger partial charge in [-0.1, -0.05) is 0 Å². The molecule has 0 unspecified atom stereocenters. The van der Waals surface area contributed by atoms with E-state index < -0.39 is 0 Å². The maximum Gasteiger partial charge on any atom is 0.268 e. The molecule has 16 heavy (non-hydrogen) atoms. The van der Waals surface area contributed by atoms with Crippen LogP contribution < -0.4 is 10.9 Å². The predicted octanol–water partition coefficient (Wildman–Crippen LogP) is 1.85. The lowest BCUT2D eigenvalue weighted by Crippen LogP contribution is -2.15. The van der Waals surface area contributed by atoms with Crippen LogP contribution in [-0.2, 0) is 0 Å². The van der Waals surface area contributed by atoms with E-state index in [9.17, 15) is 9.59 Å². The summed E-state index contributed by atoms with van der Waals surface area (Å²) in [6.07, 6.45) is 0. The molecular weight excluding hydrogens is 294 g/mol. The van der Waals surface area contributed by atoms with Crippen molar-refractivity contribution in [3.8, 4) is 0 Å². The minimum absolute atomic E-state index is 0.263. The summed E-state index contributed by atoms with van der Waals surface area (Å²) in [5.41, 5.74) is -0.310. The molecule has 0 spiro atoms. The molecule has 82 valence electrons. The van der Waals surface area contributed by atoms with E-state index >= 15 is 0 Å². The van der Waals surface area contributed by atoms with Gasteiger partial charge in [-0.15, -0.1) is 11.3 Å². The van der Waals surface area contributed by atoms with Crippen LogP contribution in [0.4, 0.5) is 5.82 Å². The molecule has 0 bridgehead atoms. The molecular formula is C9H6BrN3O2S. The van der Waals surface area contributed by atoms with Gasteiger partial charge in [0.05, 0.1) is 0 Å². The Kier molecular flexibility index (Phi) is 3.16. The Labute approximate surface area is 103 Å². The number of thiophene rings is 1. The maximum atomic E-state index is 11.7. The van der Waals surface area contributed by atoms with Gasteiger partial charge in [0.25, 0.3) is 11.5 Å². The molecule has 0 aliphatic carbocycles. The quantitative estimate of drug-likeness (QED) is 0.888. The summed E-state index contributed by atoms with van der Waals surface area (Å²) in [6, 6.07) is 4.53. The number of aromatic amines is 1. The molecule has 2 aromatic rings. The number of hydrogen-bond acceptors (Lipinski definition) is 4. The smallest absolute Gasteiger partial charge is 0.268 e. The highest BCUT2D eigenvalue weighted by atomic mass is 79.9. The fourth-order valence-electron chi connectivity index (χ4n) is 1.04. The Bertz CT molecular complexity index is 558. The van der Waals surface area contributed by atoms with Crippen LogP contribution in [-0.4, -0.2) is 16.1 Å². The zero-order chi connectivity index (χ0) is 11.5. The first-order chi connectivity index (χ1) is 7.66. The van der Waals surface area contributed by atoms with Crippen LogP contribution in [0.3, 0.4) is 0 Å². The monoisotopic (exact) mass is 299 g/mol. The van der Waals surface area contributed by atoms with E-state index in [4.69, 9.17) is 0 Å². The number of rotatable bonds is 2. The Morgan fingerprint density at radius 3 is 2.81 bits per heavy atom. The summed E-state index contributed by atoms with van der Waals surface area (Å²) in [7, 11) is 0. The molecule has 2 aromatic heterocycles. The highest BCUT2D eigenvalue weighted by Crippen LogP contribution is 2.23. The minimum atomic E-state index is -0.310. The van der Waals surface area contributed by atoms with E-state index in [0.717, 1.165) is 4.47 Å². The first-order valence-electron chi connectivity index (χ1n) is 4.27. The van der Waals surface area contributed by atoms with Gasteiger partial charge in [0.15, 0.2) is 5.82 Å². The van der Waals surface area contributed by atoms with Crippen LogP contribution in [0, 0.1) is 0 Å². The van der Waals surface area contributed by atoms with Crippen LogP contribution in [0.5, 0.6) is 0 Å². The lowest BCUT2D eigenvalue weighted by atomic mass is 10.4. The van der Waals surface area contributed by atoms with Gasteiger partial charge in [0, 0.05) is 10.5 Å². The molecule has 0 saturated heterocycles. The van der Waals surface area contributed by atoms with Crippen molar-refractivity contribution < 1.29 is 4.79 Å². The summed E-state index contributed by atoms with van der Waals surface area (Å²) in [5, 5.41) is 10.3. The Morgan fingerprint density at radius 2 is 2.25 bits per heavy atom. The fourth-order valence-corrected chi connectivity index (χ4v) is 2.49. The molecule has 0 atom stereocenters. The molecule has 0 aromatic carbocycles. The predicted molar refractivity (Wildman–Crippen MR) is 64.8 cm³/mol. The van der Waals surface area contributed by atoms with Gasteiger partial charge in [0.1, 0.15) is 4.88 Å². The van der Waals surface area contributed by atoms with Crippen molar-refractivity contribution in [2.75, 3.05) is 5.32 Å². The normalized spacial score (nSPS) is 10.1. The highest BCUT2D eigenvalue weighted by Gasteiger charge is 2.11. The second-order valence-electron chi connectivity index (χ2n) is 2.86. The number of carbonyl (C=O) groups is 1. The van der Waals surface area contributed by atoms with E-state index in [1.54, 1.807) is 11.4 Å².